The first-order chi connectivity index (χ1) is 13.2. The highest BCUT2D eigenvalue weighted by Gasteiger charge is 2.21. The van der Waals surface area contributed by atoms with Crippen LogP contribution in [0.4, 0.5) is 11.6 Å². The van der Waals surface area contributed by atoms with E-state index in [1.165, 1.54) is 0 Å². The van der Waals surface area contributed by atoms with E-state index in [9.17, 15) is 4.79 Å². The Morgan fingerprint density at radius 2 is 1.78 bits per heavy atom. The average Bonchev–Trinajstić information content (AvgIpc) is 2.74. The van der Waals surface area contributed by atoms with Crippen molar-refractivity contribution in [2.45, 2.75) is 6.92 Å². The van der Waals surface area contributed by atoms with Crippen molar-refractivity contribution in [2.75, 3.05) is 51.3 Å². The van der Waals surface area contributed by atoms with Gasteiger partial charge in [0.15, 0.2) is 11.5 Å². The maximum absolute atomic E-state index is 12.6. The van der Waals surface area contributed by atoms with Crippen LogP contribution in [0, 0.1) is 0 Å². The van der Waals surface area contributed by atoms with E-state index < -0.39 is 0 Å². The first-order valence-electron chi connectivity index (χ1n) is 9.23. The molecule has 3 heterocycles. The van der Waals surface area contributed by atoms with Crippen molar-refractivity contribution in [3.05, 3.63) is 36.2 Å². The van der Waals surface area contributed by atoms with Crippen LogP contribution >= 0.6 is 0 Å². The largest absolute Gasteiger partial charge is 0.486 e. The van der Waals surface area contributed by atoms with Crippen LogP contribution in [0.3, 0.4) is 0 Å². The second-order valence-corrected chi connectivity index (χ2v) is 6.51. The molecule has 0 saturated carbocycles. The molecule has 1 fully saturated rings. The number of rotatable bonds is 4. The number of aromatic nitrogens is 2. The van der Waals surface area contributed by atoms with E-state index in [1.54, 1.807) is 12.4 Å². The Hall–Kier alpha value is -2.87. The number of nitrogens with one attached hydrogen (secondary N) is 1. The van der Waals surface area contributed by atoms with Gasteiger partial charge in [0.1, 0.15) is 13.2 Å². The summed E-state index contributed by atoms with van der Waals surface area (Å²) in [6.07, 6.45) is 3.14. The summed E-state index contributed by atoms with van der Waals surface area (Å²) in [5.74, 6) is 1.84. The molecule has 2 aliphatic heterocycles. The van der Waals surface area contributed by atoms with E-state index >= 15 is 0 Å². The highest BCUT2D eigenvalue weighted by atomic mass is 16.6. The number of anilines is 2. The molecule has 0 unspecified atom stereocenters. The summed E-state index contributed by atoms with van der Waals surface area (Å²) in [5.41, 5.74) is 1.31. The Labute approximate surface area is 158 Å². The number of hydrogen-bond acceptors (Lipinski definition) is 7. The van der Waals surface area contributed by atoms with Gasteiger partial charge in [-0.3, -0.25) is 4.79 Å². The molecule has 27 heavy (non-hydrogen) atoms. The highest BCUT2D eigenvalue weighted by Crippen LogP contribution is 2.33. The van der Waals surface area contributed by atoms with Crippen LogP contribution in [-0.4, -0.2) is 71.6 Å². The first kappa shape index (κ1) is 17.5. The minimum absolute atomic E-state index is 0.0170. The smallest absolute Gasteiger partial charge is 0.257 e. The van der Waals surface area contributed by atoms with Gasteiger partial charge in [0.2, 0.25) is 5.95 Å². The van der Waals surface area contributed by atoms with Crippen LogP contribution in [0.25, 0.3) is 0 Å². The average molecular weight is 369 g/mol. The summed E-state index contributed by atoms with van der Waals surface area (Å²) < 4.78 is 11.1. The molecule has 2 aliphatic rings. The third-order valence-corrected chi connectivity index (χ3v) is 4.80. The third kappa shape index (κ3) is 3.95. The maximum atomic E-state index is 12.6. The van der Waals surface area contributed by atoms with Crippen LogP contribution in [0.1, 0.15) is 17.3 Å². The zero-order valence-electron chi connectivity index (χ0n) is 15.4. The van der Waals surface area contributed by atoms with Gasteiger partial charge in [-0.25, -0.2) is 9.97 Å². The summed E-state index contributed by atoms with van der Waals surface area (Å²) in [4.78, 5) is 25.4. The van der Waals surface area contributed by atoms with Crippen LogP contribution in [-0.2, 0) is 0 Å². The number of carbonyl (C=O) groups is 1. The normalized spacial score (nSPS) is 16.9. The second kappa shape index (κ2) is 7.79. The standard InChI is InChI=1S/C19H23N5O3/c1-2-23-5-7-24(8-6-23)18(25)14-12-20-19(21-13-14)22-15-3-4-16-17(11-15)27-10-9-26-16/h3-4,11-13H,2,5-10H2,1H3,(H,20,21,22). The molecule has 4 rings (SSSR count). The predicted molar refractivity (Wildman–Crippen MR) is 101 cm³/mol. The summed E-state index contributed by atoms with van der Waals surface area (Å²) >= 11 is 0. The SMILES string of the molecule is CCN1CCN(C(=O)c2cnc(Nc3ccc4c(c3)OCCO4)nc2)CC1. The summed E-state index contributed by atoms with van der Waals surface area (Å²) in [6, 6.07) is 5.58. The number of ether oxygens (including phenoxy) is 2. The predicted octanol–water partition coefficient (Wildman–Crippen LogP) is 1.77. The van der Waals surface area contributed by atoms with Gasteiger partial charge in [-0.1, -0.05) is 6.92 Å². The van der Waals surface area contributed by atoms with Crippen molar-refractivity contribution in [1.29, 1.82) is 0 Å². The minimum atomic E-state index is -0.0170. The lowest BCUT2D eigenvalue weighted by Gasteiger charge is -2.33. The fraction of sp³-hybridized carbons (Fsp3) is 0.421. The molecule has 2 aromatic rings. The number of hydrogen-bond donors (Lipinski definition) is 1. The number of amides is 1. The number of benzene rings is 1. The zero-order valence-corrected chi connectivity index (χ0v) is 15.4. The topological polar surface area (TPSA) is 79.8 Å². The number of piperazine rings is 1. The molecular formula is C19H23N5O3. The second-order valence-electron chi connectivity index (χ2n) is 6.51. The highest BCUT2D eigenvalue weighted by molar-refractivity contribution is 5.93. The van der Waals surface area contributed by atoms with E-state index in [0.29, 0.717) is 30.5 Å². The molecule has 142 valence electrons. The van der Waals surface area contributed by atoms with Crippen molar-refractivity contribution in [2.24, 2.45) is 0 Å². The molecule has 0 bridgehead atoms. The quantitative estimate of drug-likeness (QED) is 0.880. The van der Waals surface area contributed by atoms with E-state index in [0.717, 1.165) is 44.2 Å². The maximum Gasteiger partial charge on any atom is 0.257 e. The Balaban J connectivity index is 1.39. The van der Waals surface area contributed by atoms with Gasteiger partial charge in [-0.2, -0.15) is 0 Å². The zero-order chi connectivity index (χ0) is 18.6. The minimum Gasteiger partial charge on any atom is -0.486 e. The Kier molecular flexibility index (Phi) is 5.06. The molecule has 1 saturated heterocycles. The molecule has 1 N–H and O–H groups in total. The molecule has 8 nitrogen and oxygen atoms in total. The molecule has 0 spiro atoms. The number of fused-ring (bicyclic) bond motifs is 1. The molecule has 1 aromatic heterocycles. The van der Waals surface area contributed by atoms with Gasteiger partial charge in [0, 0.05) is 50.3 Å². The molecule has 1 aromatic carbocycles. The van der Waals surface area contributed by atoms with Gasteiger partial charge in [0.25, 0.3) is 5.91 Å². The number of nitrogens with zero attached hydrogens (tertiary/aromatic N) is 4. The molecule has 0 atom stereocenters. The lowest BCUT2D eigenvalue weighted by molar-refractivity contribution is 0.0642. The molecular weight excluding hydrogens is 346 g/mol. The van der Waals surface area contributed by atoms with Gasteiger partial charge >= 0.3 is 0 Å². The van der Waals surface area contributed by atoms with Crippen molar-refractivity contribution in [1.82, 2.24) is 19.8 Å². The Morgan fingerprint density at radius 1 is 1.07 bits per heavy atom. The van der Waals surface area contributed by atoms with Gasteiger partial charge in [-0.15, -0.1) is 0 Å². The molecule has 1 amide bonds. The fourth-order valence-electron chi connectivity index (χ4n) is 3.20. The van der Waals surface area contributed by atoms with Crippen molar-refractivity contribution in [3.63, 3.8) is 0 Å². The molecule has 0 aliphatic carbocycles. The summed E-state index contributed by atoms with van der Waals surface area (Å²) in [6.45, 7) is 7.56. The van der Waals surface area contributed by atoms with Gasteiger partial charge in [0.05, 0.1) is 5.56 Å². The number of carbonyl (C=O) groups excluding carboxylic acids is 1. The number of likely N-dealkylation sites (N-methyl/N-ethyl adjacent to an activating group) is 1. The van der Waals surface area contributed by atoms with Gasteiger partial charge in [-0.05, 0) is 18.7 Å². The molecule has 0 radical (unpaired) electrons. The Morgan fingerprint density at radius 3 is 2.48 bits per heavy atom. The van der Waals surface area contributed by atoms with Crippen LogP contribution < -0.4 is 14.8 Å². The summed E-state index contributed by atoms with van der Waals surface area (Å²) in [7, 11) is 0. The van der Waals surface area contributed by atoms with Crippen LogP contribution in [0.15, 0.2) is 30.6 Å². The van der Waals surface area contributed by atoms with E-state index in [2.05, 4.69) is 27.1 Å². The van der Waals surface area contributed by atoms with Crippen molar-refractivity contribution >= 4 is 17.5 Å². The van der Waals surface area contributed by atoms with E-state index in [-0.39, 0.29) is 5.91 Å². The molecule has 8 heteroatoms. The van der Waals surface area contributed by atoms with Crippen molar-refractivity contribution < 1.29 is 14.3 Å². The third-order valence-electron chi connectivity index (χ3n) is 4.80. The fourth-order valence-corrected chi connectivity index (χ4v) is 3.20. The van der Waals surface area contributed by atoms with Crippen LogP contribution in [0.5, 0.6) is 11.5 Å². The van der Waals surface area contributed by atoms with E-state index in [1.807, 2.05) is 23.1 Å². The monoisotopic (exact) mass is 369 g/mol. The lowest BCUT2D eigenvalue weighted by Crippen LogP contribution is -2.48. The first-order valence-corrected chi connectivity index (χ1v) is 9.23. The Bertz CT molecular complexity index is 803. The van der Waals surface area contributed by atoms with Crippen LogP contribution in [0.2, 0.25) is 0 Å². The van der Waals surface area contributed by atoms with E-state index in [4.69, 9.17) is 9.47 Å². The summed E-state index contributed by atoms with van der Waals surface area (Å²) in [5, 5.41) is 3.12. The lowest BCUT2D eigenvalue weighted by atomic mass is 10.2. The van der Waals surface area contributed by atoms with Crippen molar-refractivity contribution in [3.8, 4) is 11.5 Å². The van der Waals surface area contributed by atoms with Gasteiger partial charge < -0.3 is 24.6 Å².